The fraction of sp³-hybridized carbons (Fsp3) is 0.438. The number of aliphatic hydroxyl groups is 1. The number of halogens is 1. The molecule has 3 rings (SSSR count). The van der Waals surface area contributed by atoms with Gasteiger partial charge in [0.15, 0.2) is 0 Å². The van der Waals surface area contributed by atoms with Gasteiger partial charge in [0.25, 0.3) is 5.91 Å². The predicted molar refractivity (Wildman–Crippen MR) is 81.3 cm³/mol. The van der Waals surface area contributed by atoms with E-state index in [0.717, 1.165) is 37.0 Å². The maximum absolute atomic E-state index is 12.3. The lowest BCUT2D eigenvalue weighted by atomic mass is 9.92. The van der Waals surface area contributed by atoms with Gasteiger partial charge >= 0.3 is 0 Å². The van der Waals surface area contributed by atoms with Gasteiger partial charge in [-0.3, -0.25) is 4.79 Å². The molecule has 112 valence electrons. The van der Waals surface area contributed by atoms with Gasteiger partial charge in [-0.2, -0.15) is 0 Å². The third-order valence-corrected chi connectivity index (χ3v) is 4.26. The van der Waals surface area contributed by atoms with Crippen LogP contribution < -0.4 is 10.1 Å². The number of hydrogen-bond donors (Lipinski definition) is 2. The maximum Gasteiger partial charge on any atom is 0.250 e. The lowest BCUT2D eigenvalue weighted by molar-refractivity contribution is -0.119. The molecule has 5 heteroatoms. The van der Waals surface area contributed by atoms with Crippen LogP contribution in [0, 0.1) is 0 Å². The second-order valence-corrected chi connectivity index (χ2v) is 6.01. The first-order chi connectivity index (χ1) is 10.1. The number of hydrogen-bond acceptors (Lipinski definition) is 3. The smallest absolute Gasteiger partial charge is 0.250 e. The fourth-order valence-electron chi connectivity index (χ4n) is 2.82. The highest BCUT2D eigenvalue weighted by Crippen LogP contribution is 2.29. The molecule has 1 heterocycles. The molecule has 0 aromatic heterocycles. The zero-order chi connectivity index (χ0) is 14.8. The Morgan fingerprint density at radius 1 is 1.33 bits per heavy atom. The minimum Gasteiger partial charge on any atom is -0.488 e. The standard InChI is InChI=1S/C16H18ClNO3/c17-12-5-6-15-10(8-12)7-11(9-21-15)16(20)18-13-3-1-2-4-14(13)19/h5-8,13-14,19H,1-4,9H2,(H,18,20)/t13-,14-/m1/s1. The van der Waals surface area contributed by atoms with Crippen molar-refractivity contribution in [2.24, 2.45) is 0 Å². The molecule has 0 bridgehead atoms. The lowest BCUT2D eigenvalue weighted by Crippen LogP contribution is -2.46. The van der Waals surface area contributed by atoms with Crippen LogP contribution in [-0.4, -0.2) is 29.8 Å². The van der Waals surface area contributed by atoms with Crippen LogP contribution in [0.25, 0.3) is 6.08 Å². The van der Waals surface area contributed by atoms with Crippen LogP contribution >= 0.6 is 11.6 Å². The summed E-state index contributed by atoms with van der Waals surface area (Å²) in [6.07, 6.45) is 4.98. The van der Waals surface area contributed by atoms with Gasteiger partial charge in [0.1, 0.15) is 12.4 Å². The van der Waals surface area contributed by atoms with Crippen LogP contribution in [0.15, 0.2) is 23.8 Å². The van der Waals surface area contributed by atoms with Crippen molar-refractivity contribution < 1.29 is 14.6 Å². The topological polar surface area (TPSA) is 58.6 Å². The van der Waals surface area contributed by atoms with Crippen molar-refractivity contribution in [2.75, 3.05) is 6.61 Å². The highest BCUT2D eigenvalue weighted by atomic mass is 35.5. The summed E-state index contributed by atoms with van der Waals surface area (Å²) >= 11 is 5.96. The Morgan fingerprint density at radius 2 is 2.14 bits per heavy atom. The van der Waals surface area contributed by atoms with E-state index in [0.29, 0.717) is 10.6 Å². The number of nitrogens with one attached hydrogen (secondary N) is 1. The molecular formula is C16H18ClNO3. The van der Waals surface area contributed by atoms with E-state index in [2.05, 4.69) is 5.32 Å². The van der Waals surface area contributed by atoms with Gasteiger partial charge in [0, 0.05) is 10.6 Å². The van der Waals surface area contributed by atoms with Crippen molar-refractivity contribution in [3.05, 3.63) is 34.4 Å². The molecule has 2 N–H and O–H groups in total. The minimum absolute atomic E-state index is 0.159. The highest BCUT2D eigenvalue weighted by Gasteiger charge is 2.26. The first kappa shape index (κ1) is 14.4. The summed E-state index contributed by atoms with van der Waals surface area (Å²) < 4.78 is 5.58. The zero-order valence-corrected chi connectivity index (χ0v) is 12.4. The normalized spacial score (nSPS) is 24.6. The van der Waals surface area contributed by atoms with E-state index >= 15 is 0 Å². The Bertz CT molecular complexity index is 585. The summed E-state index contributed by atoms with van der Waals surface area (Å²) in [7, 11) is 0. The summed E-state index contributed by atoms with van der Waals surface area (Å²) in [6.45, 7) is 0.239. The van der Waals surface area contributed by atoms with E-state index < -0.39 is 6.10 Å². The minimum atomic E-state index is -0.450. The van der Waals surface area contributed by atoms with Crippen LogP contribution in [-0.2, 0) is 4.79 Å². The Balaban J connectivity index is 1.73. The van der Waals surface area contributed by atoms with E-state index in [-0.39, 0.29) is 18.6 Å². The quantitative estimate of drug-likeness (QED) is 0.883. The van der Waals surface area contributed by atoms with Crippen molar-refractivity contribution in [2.45, 2.75) is 37.8 Å². The van der Waals surface area contributed by atoms with Gasteiger partial charge in [-0.05, 0) is 37.1 Å². The summed E-state index contributed by atoms with van der Waals surface area (Å²) in [5.41, 5.74) is 1.37. The number of carbonyl (C=O) groups excluding carboxylic acids is 1. The van der Waals surface area contributed by atoms with Crippen molar-refractivity contribution in [1.82, 2.24) is 5.32 Å². The molecule has 1 amide bonds. The molecule has 0 saturated heterocycles. The van der Waals surface area contributed by atoms with Crippen molar-refractivity contribution in [3.63, 3.8) is 0 Å². The zero-order valence-electron chi connectivity index (χ0n) is 11.6. The van der Waals surface area contributed by atoms with Crippen molar-refractivity contribution in [1.29, 1.82) is 0 Å². The van der Waals surface area contributed by atoms with Gasteiger partial charge in [0.05, 0.1) is 17.7 Å². The molecule has 1 aliphatic carbocycles. The Labute approximate surface area is 128 Å². The molecule has 1 aromatic rings. The number of fused-ring (bicyclic) bond motifs is 1. The van der Waals surface area contributed by atoms with Crippen molar-refractivity contribution in [3.8, 4) is 5.75 Å². The SMILES string of the molecule is O=C(N[C@@H]1CCCC[C@H]1O)C1=Cc2cc(Cl)ccc2OC1. The molecule has 1 aliphatic heterocycles. The maximum atomic E-state index is 12.3. The van der Waals surface area contributed by atoms with E-state index in [1.165, 1.54) is 0 Å². The van der Waals surface area contributed by atoms with Crippen LogP contribution in [0.1, 0.15) is 31.2 Å². The second-order valence-electron chi connectivity index (χ2n) is 5.57. The average molecular weight is 308 g/mol. The van der Waals surface area contributed by atoms with Gasteiger partial charge in [-0.1, -0.05) is 24.4 Å². The summed E-state index contributed by atoms with van der Waals surface area (Å²) in [5.74, 6) is 0.556. The molecule has 21 heavy (non-hydrogen) atoms. The molecule has 1 saturated carbocycles. The van der Waals surface area contributed by atoms with Gasteiger partial charge in [-0.25, -0.2) is 0 Å². The lowest BCUT2D eigenvalue weighted by Gasteiger charge is -2.29. The largest absolute Gasteiger partial charge is 0.488 e. The van der Waals surface area contributed by atoms with Crippen LogP contribution in [0.3, 0.4) is 0 Å². The molecule has 0 unspecified atom stereocenters. The third kappa shape index (κ3) is 3.22. The summed E-state index contributed by atoms with van der Waals surface area (Å²) in [6, 6.07) is 5.18. The Morgan fingerprint density at radius 3 is 2.95 bits per heavy atom. The molecule has 4 nitrogen and oxygen atoms in total. The molecular weight excluding hydrogens is 290 g/mol. The number of benzene rings is 1. The molecule has 0 radical (unpaired) electrons. The number of carbonyl (C=O) groups is 1. The summed E-state index contributed by atoms with van der Waals surface area (Å²) in [4.78, 5) is 12.3. The second kappa shape index (κ2) is 6.08. The highest BCUT2D eigenvalue weighted by molar-refractivity contribution is 6.30. The Kier molecular flexibility index (Phi) is 4.17. The average Bonchev–Trinajstić information content (AvgIpc) is 2.48. The predicted octanol–water partition coefficient (Wildman–Crippen LogP) is 2.54. The van der Waals surface area contributed by atoms with Gasteiger partial charge in [0.2, 0.25) is 0 Å². The first-order valence-corrected chi connectivity index (χ1v) is 7.63. The number of ether oxygens (including phenoxy) is 1. The van der Waals surface area contributed by atoms with Gasteiger partial charge in [-0.15, -0.1) is 0 Å². The van der Waals surface area contributed by atoms with Crippen LogP contribution in [0.2, 0.25) is 5.02 Å². The molecule has 1 aromatic carbocycles. The van der Waals surface area contributed by atoms with Gasteiger partial charge < -0.3 is 15.2 Å². The Hall–Kier alpha value is -1.52. The van der Waals surface area contributed by atoms with Crippen LogP contribution in [0.4, 0.5) is 0 Å². The van der Waals surface area contributed by atoms with E-state index in [9.17, 15) is 9.90 Å². The number of rotatable bonds is 2. The fourth-order valence-corrected chi connectivity index (χ4v) is 3.00. The first-order valence-electron chi connectivity index (χ1n) is 7.25. The molecule has 1 fully saturated rings. The molecule has 2 aliphatic rings. The van der Waals surface area contributed by atoms with E-state index in [4.69, 9.17) is 16.3 Å². The molecule has 2 atom stereocenters. The third-order valence-electron chi connectivity index (χ3n) is 4.02. The summed E-state index contributed by atoms with van der Waals surface area (Å²) in [5, 5.41) is 13.5. The number of amides is 1. The number of aliphatic hydroxyl groups excluding tert-OH is 1. The monoisotopic (exact) mass is 307 g/mol. The van der Waals surface area contributed by atoms with E-state index in [1.807, 2.05) is 0 Å². The molecule has 0 spiro atoms. The van der Waals surface area contributed by atoms with Crippen LogP contribution in [0.5, 0.6) is 5.75 Å². The van der Waals surface area contributed by atoms with Crippen molar-refractivity contribution >= 4 is 23.6 Å². The van der Waals surface area contributed by atoms with E-state index in [1.54, 1.807) is 24.3 Å².